The molecular formula is C31H35ClN2O4. The maximum absolute atomic E-state index is 13.8. The third kappa shape index (κ3) is 5.65. The Morgan fingerprint density at radius 3 is 2.39 bits per heavy atom. The second kappa shape index (κ2) is 11.5. The fraction of sp³-hybridized carbons (Fsp3) is 0.355. The van der Waals surface area contributed by atoms with E-state index in [9.17, 15) is 9.59 Å². The molecule has 4 rings (SSSR count). The highest BCUT2D eigenvalue weighted by Crippen LogP contribution is 2.45. The number of carbonyl (C=O) groups is 2. The number of methoxy groups -OCH3 is 1. The van der Waals surface area contributed by atoms with E-state index in [4.69, 9.17) is 21.1 Å². The van der Waals surface area contributed by atoms with Gasteiger partial charge in [-0.05, 0) is 91.1 Å². The molecule has 1 aliphatic heterocycles. The molecule has 6 nitrogen and oxygen atoms in total. The number of carbonyl (C=O) groups excluding carboxylic acids is 2. The summed E-state index contributed by atoms with van der Waals surface area (Å²) in [5.74, 6) is 1.21. The molecule has 0 saturated heterocycles. The molecule has 38 heavy (non-hydrogen) atoms. The molecule has 0 saturated carbocycles. The van der Waals surface area contributed by atoms with Gasteiger partial charge < -0.3 is 19.3 Å². The second-order valence-corrected chi connectivity index (χ2v) is 10.5. The number of anilines is 2. The monoisotopic (exact) mass is 534 g/mol. The molecule has 0 radical (unpaired) electrons. The van der Waals surface area contributed by atoms with Crippen molar-refractivity contribution in [1.29, 1.82) is 0 Å². The maximum Gasteiger partial charge on any atom is 0.232 e. The average Bonchev–Trinajstić information content (AvgIpc) is 2.87. The van der Waals surface area contributed by atoms with Crippen LogP contribution in [0.3, 0.4) is 0 Å². The van der Waals surface area contributed by atoms with Crippen molar-refractivity contribution in [3.05, 3.63) is 81.9 Å². The van der Waals surface area contributed by atoms with Crippen molar-refractivity contribution in [3.8, 4) is 11.5 Å². The van der Waals surface area contributed by atoms with Crippen molar-refractivity contribution in [2.24, 2.45) is 0 Å². The van der Waals surface area contributed by atoms with Crippen molar-refractivity contribution in [2.75, 3.05) is 31.0 Å². The van der Waals surface area contributed by atoms with Crippen molar-refractivity contribution in [1.82, 2.24) is 0 Å². The minimum absolute atomic E-state index is 0.0101. The number of hydrogen-bond donors (Lipinski definition) is 0. The van der Waals surface area contributed by atoms with Gasteiger partial charge in [-0.25, -0.2) is 0 Å². The van der Waals surface area contributed by atoms with E-state index in [-0.39, 0.29) is 30.6 Å². The number of halogens is 1. The summed E-state index contributed by atoms with van der Waals surface area (Å²) >= 11 is 6.37. The Kier molecular flexibility index (Phi) is 8.32. The van der Waals surface area contributed by atoms with Gasteiger partial charge in [0, 0.05) is 36.9 Å². The maximum atomic E-state index is 13.8. The van der Waals surface area contributed by atoms with Gasteiger partial charge in [0.2, 0.25) is 5.91 Å². The molecule has 3 aromatic rings. The quantitative estimate of drug-likeness (QED) is 0.318. The number of benzene rings is 3. The Labute approximate surface area is 230 Å². The third-order valence-corrected chi connectivity index (χ3v) is 7.21. The van der Waals surface area contributed by atoms with E-state index >= 15 is 0 Å². The molecule has 1 unspecified atom stereocenters. The average molecular weight is 535 g/mol. The lowest BCUT2D eigenvalue weighted by atomic mass is 9.84. The topological polar surface area (TPSA) is 59.1 Å². The van der Waals surface area contributed by atoms with E-state index in [1.165, 1.54) is 0 Å². The first-order valence-electron chi connectivity index (χ1n) is 12.9. The number of rotatable bonds is 9. The molecule has 200 valence electrons. The molecule has 0 spiro atoms. The van der Waals surface area contributed by atoms with Crippen LogP contribution in [0.2, 0.25) is 5.02 Å². The van der Waals surface area contributed by atoms with E-state index in [2.05, 4.69) is 6.92 Å². The Morgan fingerprint density at radius 2 is 1.79 bits per heavy atom. The van der Waals surface area contributed by atoms with Crippen molar-refractivity contribution in [2.45, 2.75) is 52.2 Å². The molecule has 3 aromatic carbocycles. The first kappa shape index (κ1) is 27.5. The molecule has 0 aliphatic carbocycles. The van der Waals surface area contributed by atoms with Crippen LogP contribution in [-0.4, -0.2) is 39.0 Å². The first-order chi connectivity index (χ1) is 18.1. The predicted octanol–water partition coefficient (Wildman–Crippen LogP) is 6.40. The van der Waals surface area contributed by atoms with E-state index < -0.39 is 6.04 Å². The molecule has 1 heterocycles. The summed E-state index contributed by atoms with van der Waals surface area (Å²) in [6, 6.07) is 16.9. The van der Waals surface area contributed by atoms with Crippen LogP contribution in [0.1, 0.15) is 55.5 Å². The standard InChI is InChI=1S/C31H35ClN2O4/c1-7-20(3)38-29-18-27-22(16-28(29)37-6)17-30(36)34(25-11-9-24(10-12-25)33(4)5)31(27)26-13-8-23(32)15-21(26)14-19(2)35/h8-13,15-16,18,20,31H,7,14,17H2,1-6H3/t20-,31?/m1/s1. The van der Waals surface area contributed by atoms with E-state index in [0.29, 0.717) is 16.5 Å². The normalized spacial score (nSPS) is 15.6. The summed E-state index contributed by atoms with van der Waals surface area (Å²) in [6.07, 6.45) is 1.27. The minimum atomic E-state index is -0.478. The van der Waals surface area contributed by atoms with Crippen molar-refractivity contribution in [3.63, 3.8) is 0 Å². The zero-order valence-corrected chi connectivity index (χ0v) is 23.6. The van der Waals surface area contributed by atoms with Crippen molar-refractivity contribution >= 4 is 34.7 Å². The second-order valence-electron chi connectivity index (χ2n) is 10.0. The number of Topliss-reactive ketones (excluding diaryl/α,β-unsaturated/α-hetero) is 1. The van der Waals surface area contributed by atoms with E-state index in [1.807, 2.05) is 85.4 Å². The molecular weight excluding hydrogens is 500 g/mol. The number of fused-ring (bicyclic) bond motifs is 1. The van der Waals surface area contributed by atoms with Gasteiger partial charge in [0.15, 0.2) is 11.5 Å². The van der Waals surface area contributed by atoms with Crippen LogP contribution in [0, 0.1) is 0 Å². The third-order valence-electron chi connectivity index (χ3n) is 6.97. The zero-order chi connectivity index (χ0) is 27.6. The lowest BCUT2D eigenvalue weighted by Gasteiger charge is -2.39. The van der Waals surface area contributed by atoms with Gasteiger partial charge in [-0.15, -0.1) is 0 Å². The number of ketones is 1. The molecule has 2 atom stereocenters. The lowest BCUT2D eigenvalue weighted by molar-refractivity contribution is -0.118. The predicted molar refractivity (Wildman–Crippen MR) is 153 cm³/mol. The van der Waals surface area contributed by atoms with Gasteiger partial charge in [0.25, 0.3) is 0 Å². The number of nitrogens with zero attached hydrogens (tertiary/aromatic N) is 2. The summed E-state index contributed by atoms with van der Waals surface area (Å²) in [6.45, 7) is 5.64. The van der Waals surface area contributed by atoms with Crippen LogP contribution in [0.4, 0.5) is 11.4 Å². The summed E-state index contributed by atoms with van der Waals surface area (Å²) in [4.78, 5) is 29.9. The zero-order valence-electron chi connectivity index (χ0n) is 22.9. The largest absolute Gasteiger partial charge is 0.493 e. The molecule has 0 bridgehead atoms. The molecule has 0 fully saturated rings. The summed E-state index contributed by atoms with van der Waals surface area (Å²) in [5.41, 5.74) is 5.28. The van der Waals surface area contributed by atoms with Crippen molar-refractivity contribution < 1.29 is 19.1 Å². The van der Waals surface area contributed by atoms with Crippen LogP contribution in [0.5, 0.6) is 11.5 Å². The van der Waals surface area contributed by atoms with Crippen LogP contribution in [-0.2, 0) is 22.4 Å². The molecule has 0 aromatic heterocycles. The fourth-order valence-corrected chi connectivity index (χ4v) is 5.08. The Hall–Kier alpha value is -3.51. The lowest BCUT2D eigenvalue weighted by Crippen LogP contribution is -2.41. The molecule has 1 aliphatic rings. The number of ether oxygens (including phenoxy) is 2. The van der Waals surface area contributed by atoms with Gasteiger partial charge in [-0.2, -0.15) is 0 Å². The number of amides is 1. The highest BCUT2D eigenvalue weighted by Gasteiger charge is 2.37. The van der Waals surface area contributed by atoms with Crippen LogP contribution < -0.4 is 19.3 Å². The smallest absolute Gasteiger partial charge is 0.232 e. The Balaban J connectivity index is 1.96. The summed E-state index contributed by atoms with van der Waals surface area (Å²) in [7, 11) is 5.57. The highest BCUT2D eigenvalue weighted by atomic mass is 35.5. The summed E-state index contributed by atoms with van der Waals surface area (Å²) in [5, 5.41) is 0.546. The van der Waals surface area contributed by atoms with Gasteiger partial charge in [-0.3, -0.25) is 9.59 Å². The van der Waals surface area contributed by atoms with Gasteiger partial charge in [0.05, 0.1) is 25.7 Å². The first-order valence-corrected chi connectivity index (χ1v) is 13.2. The summed E-state index contributed by atoms with van der Waals surface area (Å²) < 4.78 is 11.9. The SMILES string of the molecule is CC[C@@H](C)Oc1cc2c(cc1OC)CC(=O)N(c1ccc(N(C)C)cc1)C2c1ccc(Cl)cc1CC(C)=O. The van der Waals surface area contributed by atoms with E-state index in [1.54, 1.807) is 14.0 Å². The Bertz CT molecular complexity index is 1340. The molecule has 0 N–H and O–H groups in total. The fourth-order valence-electron chi connectivity index (χ4n) is 4.88. The van der Waals surface area contributed by atoms with Gasteiger partial charge >= 0.3 is 0 Å². The number of hydrogen-bond acceptors (Lipinski definition) is 5. The molecule has 7 heteroatoms. The Morgan fingerprint density at radius 1 is 1.08 bits per heavy atom. The van der Waals surface area contributed by atoms with Gasteiger partial charge in [0.1, 0.15) is 5.78 Å². The highest BCUT2D eigenvalue weighted by molar-refractivity contribution is 6.30. The minimum Gasteiger partial charge on any atom is -0.493 e. The molecule has 1 amide bonds. The van der Waals surface area contributed by atoms with Crippen LogP contribution >= 0.6 is 11.6 Å². The van der Waals surface area contributed by atoms with Crippen LogP contribution in [0.25, 0.3) is 0 Å². The van der Waals surface area contributed by atoms with Gasteiger partial charge in [-0.1, -0.05) is 24.6 Å². The van der Waals surface area contributed by atoms with E-state index in [0.717, 1.165) is 40.0 Å². The van der Waals surface area contributed by atoms with Crippen LogP contribution in [0.15, 0.2) is 54.6 Å².